The number of nitrogens with one attached hydrogen (secondary N) is 1. The Morgan fingerprint density at radius 1 is 1.09 bits per heavy atom. The zero-order chi connectivity index (χ0) is 24.9. The molecule has 9 nitrogen and oxygen atoms in total. The maximum atomic E-state index is 14.8. The number of halogens is 4. The lowest BCUT2D eigenvalue weighted by atomic mass is 9.73. The number of anilines is 3. The van der Waals surface area contributed by atoms with Gasteiger partial charge in [-0.15, -0.1) is 5.10 Å². The summed E-state index contributed by atoms with van der Waals surface area (Å²) in [7, 11) is 0. The molecule has 0 aromatic carbocycles. The summed E-state index contributed by atoms with van der Waals surface area (Å²) in [5.41, 5.74) is 5.90. The summed E-state index contributed by atoms with van der Waals surface area (Å²) in [6.07, 6.45) is 4.16. The number of nitrogen functional groups attached to an aromatic ring is 1. The summed E-state index contributed by atoms with van der Waals surface area (Å²) in [6, 6.07) is 0. The van der Waals surface area contributed by atoms with Gasteiger partial charge < -0.3 is 16.0 Å². The van der Waals surface area contributed by atoms with E-state index in [9.17, 15) is 27.2 Å². The van der Waals surface area contributed by atoms with Crippen LogP contribution in [0.2, 0.25) is 0 Å². The summed E-state index contributed by atoms with van der Waals surface area (Å²) in [5.74, 6) is -6.17. The first-order valence-electron chi connectivity index (χ1n) is 11.0. The maximum absolute atomic E-state index is 14.8. The number of Topliss-reactive ketones (excluding diaryl/α,β-unsaturated/α-hetero) is 1. The molecule has 0 atom stereocenters. The van der Waals surface area contributed by atoms with Crippen LogP contribution in [0, 0.1) is 23.5 Å². The molecule has 0 spiro atoms. The fourth-order valence-electron chi connectivity index (χ4n) is 4.76. The second-order valence-electron chi connectivity index (χ2n) is 8.90. The molecule has 5 rings (SSSR count). The summed E-state index contributed by atoms with van der Waals surface area (Å²) in [6.45, 7) is 0.589. The smallest absolute Gasteiger partial charge is 0.263 e. The minimum atomic E-state index is -2.76. The molecule has 184 valence electrons. The topological polar surface area (TPSA) is 119 Å². The van der Waals surface area contributed by atoms with Gasteiger partial charge in [0.1, 0.15) is 17.0 Å². The van der Waals surface area contributed by atoms with Crippen LogP contribution in [0.25, 0.3) is 5.65 Å². The van der Waals surface area contributed by atoms with E-state index in [1.54, 1.807) is 4.90 Å². The molecule has 1 saturated heterocycles. The number of piperidine rings is 1. The first-order valence-corrected chi connectivity index (χ1v) is 11.0. The number of hydrogen-bond acceptors (Lipinski definition) is 7. The van der Waals surface area contributed by atoms with Crippen molar-refractivity contribution >= 4 is 34.5 Å². The molecule has 1 aliphatic carbocycles. The van der Waals surface area contributed by atoms with Crippen molar-refractivity contribution in [1.82, 2.24) is 19.6 Å². The third-order valence-electron chi connectivity index (χ3n) is 6.52. The fraction of sp³-hybridized carbons (Fsp3) is 0.409. The summed E-state index contributed by atoms with van der Waals surface area (Å²) in [4.78, 5) is 34.9. The third-order valence-corrected chi connectivity index (χ3v) is 6.52. The molecule has 0 radical (unpaired) electrons. The van der Waals surface area contributed by atoms with E-state index in [0.29, 0.717) is 25.9 Å². The van der Waals surface area contributed by atoms with Crippen molar-refractivity contribution in [2.45, 2.75) is 31.6 Å². The molecular weight excluding hydrogens is 470 g/mol. The quantitative estimate of drug-likeness (QED) is 0.527. The number of aromatic nitrogens is 4. The molecule has 1 amide bonds. The zero-order valence-corrected chi connectivity index (χ0v) is 18.3. The average Bonchev–Trinajstić information content (AvgIpc) is 3.12. The Hall–Kier alpha value is -3.77. The number of hydrogen-bond donors (Lipinski definition) is 2. The lowest BCUT2D eigenvalue weighted by molar-refractivity contribution is -0.152. The number of fused-ring (bicyclic) bond motifs is 1. The maximum Gasteiger partial charge on any atom is 0.263 e. The van der Waals surface area contributed by atoms with E-state index in [4.69, 9.17) is 5.73 Å². The van der Waals surface area contributed by atoms with Crippen LogP contribution in [0.3, 0.4) is 0 Å². The molecule has 3 aromatic rings. The molecule has 0 bridgehead atoms. The van der Waals surface area contributed by atoms with Crippen LogP contribution >= 0.6 is 0 Å². The largest absolute Gasteiger partial charge is 0.381 e. The molecule has 3 N–H and O–H groups in total. The SMILES string of the molecule is Nc1nn2cc(F)cnc2c1C(=O)Nc1cncc(F)c1N1CCC(C(=O)C2CC(F)(F)C2)CC1. The number of carbonyl (C=O) groups is 2. The Labute approximate surface area is 196 Å². The summed E-state index contributed by atoms with van der Waals surface area (Å²) in [5, 5.41) is 6.46. The molecule has 13 heteroatoms. The van der Waals surface area contributed by atoms with Gasteiger partial charge in [0.15, 0.2) is 23.1 Å². The molecule has 2 aliphatic rings. The van der Waals surface area contributed by atoms with E-state index in [1.807, 2.05) is 0 Å². The Kier molecular flexibility index (Phi) is 5.56. The van der Waals surface area contributed by atoms with E-state index in [2.05, 4.69) is 20.4 Å². The van der Waals surface area contributed by atoms with Gasteiger partial charge in [0.25, 0.3) is 5.91 Å². The number of ketones is 1. The number of nitrogens with two attached hydrogens (primary N) is 1. The Balaban J connectivity index is 1.33. The summed E-state index contributed by atoms with van der Waals surface area (Å²) < 4.78 is 55.6. The second-order valence-corrected chi connectivity index (χ2v) is 8.90. The molecule has 3 aromatic heterocycles. The predicted octanol–water partition coefficient (Wildman–Crippen LogP) is 3.07. The van der Waals surface area contributed by atoms with Crippen molar-refractivity contribution in [2.75, 3.05) is 29.0 Å². The van der Waals surface area contributed by atoms with Crippen molar-refractivity contribution in [3.63, 3.8) is 0 Å². The van der Waals surface area contributed by atoms with Crippen LogP contribution < -0.4 is 16.0 Å². The molecule has 1 saturated carbocycles. The van der Waals surface area contributed by atoms with Gasteiger partial charge in [-0.25, -0.2) is 27.1 Å². The van der Waals surface area contributed by atoms with Crippen LogP contribution in [0.4, 0.5) is 34.8 Å². The molecule has 1 aliphatic heterocycles. The highest BCUT2D eigenvalue weighted by Gasteiger charge is 2.50. The molecule has 0 unspecified atom stereocenters. The van der Waals surface area contributed by atoms with Crippen LogP contribution in [0.5, 0.6) is 0 Å². The normalized spacial score (nSPS) is 18.5. The van der Waals surface area contributed by atoms with Gasteiger partial charge in [0, 0.05) is 37.8 Å². The van der Waals surface area contributed by atoms with Gasteiger partial charge in [-0.05, 0) is 12.8 Å². The van der Waals surface area contributed by atoms with E-state index in [0.717, 1.165) is 23.1 Å². The van der Waals surface area contributed by atoms with E-state index >= 15 is 0 Å². The van der Waals surface area contributed by atoms with Crippen molar-refractivity contribution in [3.8, 4) is 0 Å². The minimum Gasteiger partial charge on any atom is -0.381 e. The molecule has 4 heterocycles. The molecule has 35 heavy (non-hydrogen) atoms. The Bertz CT molecular complexity index is 1310. The first-order chi connectivity index (χ1) is 16.6. The van der Waals surface area contributed by atoms with Crippen molar-refractivity contribution in [3.05, 3.63) is 42.0 Å². The van der Waals surface area contributed by atoms with Gasteiger partial charge in [-0.3, -0.25) is 14.6 Å². The lowest BCUT2D eigenvalue weighted by Crippen LogP contribution is -2.45. The van der Waals surface area contributed by atoms with Gasteiger partial charge in [-0.1, -0.05) is 0 Å². The minimum absolute atomic E-state index is 0.0215. The number of carbonyl (C=O) groups excluding carboxylic acids is 2. The monoisotopic (exact) mass is 491 g/mol. The Morgan fingerprint density at radius 3 is 2.49 bits per heavy atom. The third kappa shape index (κ3) is 4.26. The highest BCUT2D eigenvalue weighted by Crippen LogP contribution is 2.45. The van der Waals surface area contributed by atoms with Gasteiger partial charge in [0.05, 0.1) is 30.5 Å². The molecule has 2 fully saturated rings. The van der Waals surface area contributed by atoms with Gasteiger partial charge >= 0.3 is 0 Å². The van der Waals surface area contributed by atoms with Crippen LogP contribution in [-0.4, -0.2) is 50.3 Å². The molecular formula is C22H21F4N7O2. The van der Waals surface area contributed by atoms with E-state index in [1.165, 1.54) is 6.20 Å². The van der Waals surface area contributed by atoms with Crippen LogP contribution in [0.1, 0.15) is 36.0 Å². The fourth-order valence-corrected chi connectivity index (χ4v) is 4.76. The zero-order valence-electron chi connectivity index (χ0n) is 18.3. The summed E-state index contributed by atoms with van der Waals surface area (Å²) >= 11 is 0. The lowest BCUT2D eigenvalue weighted by Gasteiger charge is -2.39. The van der Waals surface area contributed by atoms with Crippen molar-refractivity contribution < 1.29 is 27.2 Å². The standard InChI is InChI=1S/C22H21F4N7O2/c23-13-7-29-20-16(19(27)31-33(20)10-13)21(35)30-15-9-28-8-14(24)17(15)32-3-1-11(2-4-32)18(34)12-5-22(25,26)6-12/h7-12H,1-6H2,(H2,27,31)(H,30,35). The highest BCUT2D eigenvalue weighted by molar-refractivity contribution is 6.12. The average molecular weight is 491 g/mol. The number of alkyl halides is 2. The van der Waals surface area contributed by atoms with Gasteiger partial charge in [-0.2, -0.15) is 0 Å². The van der Waals surface area contributed by atoms with Crippen LogP contribution in [-0.2, 0) is 4.79 Å². The van der Waals surface area contributed by atoms with E-state index in [-0.39, 0.29) is 40.1 Å². The number of nitrogens with zero attached hydrogens (tertiary/aromatic N) is 5. The predicted molar refractivity (Wildman–Crippen MR) is 117 cm³/mol. The van der Waals surface area contributed by atoms with Crippen LogP contribution in [0.15, 0.2) is 24.8 Å². The van der Waals surface area contributed by atoms with E-state index < -0.39 is 42.2 Å². The number of pyridine rings is 1. The Morgan fingerprint density at radius 2 is 1.80 bits per heavy atom. The second kappa shape index (κ2) is 8.47. The van der Waals surface area contributed by atoms with Crippen molar-refractivity contribution in [1.29, 1.82) is 0 Å². The number of rotatable bonds is 5. The van der Waals surface area contributed by atoms with Crippen molar-refractivity contribution in [2.24, 2.45) is 11.8 Å². The van der Waals surface area contributed by atoms with Gasteiger partial charge in [0.2, 0.25) is 5.92 Å². The number of amides is 1. The highest BCUT2D eigenvalue weighted by atomic mass is 19.3. The first kappa shape index (κ1) is 23.0.